The molecule has 0 saturated carbocycles. The van der Waals surface area contributed by atoms with Crippen molar-refractivity contribution in [3.8, 4) is 0 Å². The third-order valence-electron chi connectivity index (χ3n) is 2.31. The second-order valence-corrected chi connectivity index (χ2v) is 3.33. The van der Waals surface area contributed by atoms with E-state index in [-0.39, 0.29) is 12.3 Å². The number of aldehydes is 1. The van der Waals surface area contributed by atoms with Crippen LogP contribution in [0.25, 0.3) is 0 Å². The minimum absolute atomic E-state index is 0.108. The van der Waals surface area contributed by atoms with Gasteiger partial charge in [0.2, 0.25) is 5.91 Å². The summed E-state index contributed by atoms with van der Waals surface area (Å²) in [5.41, 5.74) is 0.863. The fraction of sp³-hybridized carbons (Fsp3) is 0.300. The molecule has 1 aromatic rings. The molecule has 0 saturated heterocycles. The summed E-state index contributed by atoms with van der Waals surface area (Å²) in [5.74, 6) is -0.654. The predicted molar refractivity (Wildman–Crippen MR) is 49.6 cm³/mol. The summed E-state index contributed by atoms with van der Waals surface area (Å²) in [6.07, 6.45) is 0.164. The SMILES string of the molecule is CC(=O)OC1CC(=O)n2c(C=O)ccc21. The number of hydrogen-bond donors (Lipinski definition) is 0. The average molecular weight is 207 g/mol. The summed E-state index contributed by atoms with van der Waals surface area (Å²) in [7, 11) is 0. The normalized spacial score (nSPS) is 18.7. The van der Waals surface area contributed by atoms with Crippen molar-refractivity contribution in [2.45, 2.75) is 19.4 Å². The van der Waals surface area contributed by atoms with Crippen LogP contribution in [0.1, 0.15) is 40.4 Å². The first-order valence-corrected chi connectivity index (χ1v) is 4.50. The van der Waals surface area contributed by atoms with Crippen LogP contribution in [0.3, 0.4) is 0 Å². The van der Waals surface area contributed by atoms with Crippen molar-refractivity contribution < 1.29 is 19.1 Å². The molecule has 0 N–H and O–H groups in total. The van der Waals surface area contributed by atoms with E-state index in [1.54, 1.807) is 6.07 Å². The van der Waals surface area contributed by atoms with E-state index < -0.39 is 12.1 Å². The van der Waals surface area contributed by atoms with E-state index in [1.165, 1.54) is 17.6 Å². The summed E-state index contributed by atoms with van der Waals surface area (Å²) >= 11 is 0. The van der Waals surface area contributed by atoms with Gasteiger partial charge in [0.15, 0.2) is 12.4 Å². The van der Waals surface area contributed by atoms with Crippen molar-refractivity contribution in [3.05, 3.63) is 23.5 Å². The molecular formula is C10H9NO4. The van der Waals surface area contributed by atoms with E-state index in [2.05, 4.69) is 0 Å². The van der Waals surface area contributed by atoms with E-state index in [9.17, 15) is 14.4 Å². The molecule has 1 atom stereocenters. The first kappa shape index (κ1) is 9.64. The Labute approximate surface area is 85.6 Å². The van der Waals surface area contributed by atoms with E-state index in [0.717, 1.165) is 0 Å². The molecule has 0 aliphatic carbocycles. The number of nitrogens with zero attached hydrogens (tertiary/aromatic N) is 1. The van der Waals surface area contributed by atoms with Gasteiger partial charge in [0, 0.05) is 6.92 Å². The van der Waals surface area contributed by atoms with Crippen molar-refractivity contribution in [2.24, 2.45) is 0 Å². The van der Waals surface area contributed by atoms with Crippen LogP contribution in [0, 0.1) is 0 Å². The minimum Gasteiger partial charge on any atom is -0.456 e. The van der Waals surface area contributed by atoms with Gasteiger partial charge in [-0.2, -0.15) is 0 Å². The maximum absolute atomic E-state index is 11.5. The van der Waals surface area contributed by atoms with Gasteiger partial charge in [0.05, 0.1) is 17.8 Å². The molecule has 2 heterocycles. The van der Waals surface area contributed by atoms with Crippen molar-refractivity contribution >= 4 is 18.2 Å². The van der Waals surface area contributed by atoms with Crippen LogP contribution in [0.2, 0.25) is 0 Å². The standard InChI is InChI=1S/C10H9NO4/c1-6(13)15-9-4-10(14)11-7(5-12)2-3-8(9)11/h2-3,5,9H,4H2,1H3. The summed E-state index contributed by atoms with van der Waals surface area (Å²) in [4.78, 5) is 32.9. The lowest BCUT2D eigenvalue weighted by molar-refractivity contribution is -0.146. The smallest absolute Gasteiger partial charge is 0.303 e. The number of rotatable bonds is 2. The van der Waals surface area contributed by atoms with Crippen molar-refractivity contribution in [1.82, 2.24) is 4.57 Å². The van der Waals surface area contributed by atoms with Crippen molar-refractivity contribution in [1.29, 1.82) is 0 Å². The first-order valence-electron chi connectivity index (χ1n) is 4.50. The van der Waals surface area contributed by atoms with Gasteiger partial charge in [-0.15, -0.1) is 0 Å². The minimum atomic E-state index is -0.552. The molecule has 0 fully saturated rings. The third-order valence-corrected chi connectivity index (χ3v) is 2.31. The van der Waals surface area contributed by atoms with E-state index >= 15 is 0 Å². The van der Waals surface area contributed by atoms with Crippen LogP contribution in [0.5, 0.6) is 0 Å². The Balaban J connectivity index is 2.38. The van der Waals surface area contributed by atoms with Crippen LogP contribution >= 0.6 is 0 Å². The van der Waals surface area contributed by atoms with Gasteiger partial charge in [-0.3, -0.25) is 19.0 Å². The zero-order chi connectivity index (χ0) is 11.0. The molecule has 15 heavy (non-hydrogen) atoms. The number of hydrogen-bond acceptors (Lipinski definition) is 4. The molecule has 0 amide bonds. The Bertz CT molecular complexity index is 446. The van der Waals surface area contributed by atoms with Gasteiger partial charge >= 0.3 is 5.97 Å². The average Bonchev–Trinajstić information content (AvgIpc) is 2.68. The van der Waals surface area contributed by atoms with Crippen LogP contribution in [0.4, 0.5) is 0 Å². The van der Waals surface area contributed by atoms with E-state index in [4.69, 9.17) is 4.74 Å². The molecule has 5 heteroatoms. The molecule has 1 aliphatic heterocycles. The quantitative estimate of drug-likeness (QED) is 0.535. The number of carbonyl (C=O) groups is 3. The Morgan fingerprint density at radius 3 is 2.93 bits per heavy atom. The van der Waals surface area contributed by atoms with E-state index in [0.29, 0.717) is 17.7 Å². The summed E-state index contributed by atoms with van der Waals surface area (Å²) < 4.78 is 6.26. The molecule has 2 rings (SSSR count). The zero-order valence-corrected chi connectivity index (χ0v) is 8.10. The Hall–Kier alpha value is -1.91. The fourth-order valence-corrected chi connectivity index (χ4v) is 1.76. The van der Waals surface area contributed by atoms with Gasteiger partial charge < -0.3 is 4.74 Å². The Kier molecular flexibility index (Phi) is 2.15. The molecule has 0 aromatic carbocycles. The highest BCUT2D eigenvalue weighted by atomic mass is 16.5. The molecule has 5 nitrogen and oxygen atoms in total. The Morgan fingerprint density at radius 2 is 2.33 bits per heavy atom. The van der Waals surface area contributed by atoms with Crippen LogP contribution < -0.4 is 0 Å². The second kappa shape index (κ2) is 3.34. The second-order valence-electron chi connectivity index (χ2n) is 3.33. The van der Waals surface area contributed by atoms with Gasteiger partial charge in [0.25, 0.3) is 0 Å². The number of esters is 1. The molecular weight excluding hydrogens is 198 g/mol. The molecule has 1 aromatic heterocycles. The molecule has 1 aliphatic rings. The molecule has 0 bridgehead atoms. The number of fused-ring (bicyclic) bond motifs is 1. The summed E-state index contributed by atoms with van der Waals surface area (Å²) in [6, 6.07) is 3.16. The molecule has 1 unspecified atom stereocenters. The number of ether oxygens (including phenoxy) is 1. The van der Waals surface area contributed by atoms with E-state index in [1.807, 2.05) is 0 Å². The molecule has 0 spiro atoms. The van der Waals surface area contributed by atoms with Gasteiger partial charge in [-0.05, 0) is 12.1 Å². The maximum atomic E-state index is 11.5. The molecule has 0 radical (unpaired) electrons. The first-order chi connectivity index (χ1) is 7.13. The highest BCUT2D eigenvalue weighted by Crippen LogP contribution is 2.30. The van der Waals surface area contributed by atoms with Gasteiger partial charge in [-0.25, -0.2) is 0 Å². The van der Waals surface area contributed by atoms with Crippen LogP contribution in [0.15, 0.2) is 12.1 Å². The van der Waals surface area contributed by atoms with Gasteiger partial charge in [-0.1, -0.05) is 0 Å². The summed E-state index contributed by atoms with van der Waals surface area (Å²) in [5, 5.41) is 0. The van der Waals surface area contributed by atoms with Gasteiger partial charge in [0.1, 0.15) is 0 Å². The Morgan fingerprint density at radius 1 is 1.60 bits per heavy atom. The lowest BCUT2D eigenvalue weighted by Crippen LogP contribution is -2.07. The number of aromatic nitrogens is 1. The zero-order valence-electron chi connectivity index (χ0n) is 8.10. The molecule has 78 valence electrons. The highest BCUT2D eigenvalue weighted by molar-refractivity contribution is 5.90. The monoisotopic (exact) mass is 207 g/mol. The third kappa shape index (κ3) is 1.45. The fourth-order valence-electron chi connectivity index (χ4n) is 1.76. The van der Waals surface area contributed by atoms with Crippen molar-refractivity contribution in [3.63, 3.8) is 0 Å². The highest BCUT2D eigenvalue weighted by Gasteiger charge is 2.33. The number of carbonyl (C=O) groups excluding carboxylic acids is 3. The largest absolute Gasteiger partial charge is 0.456 e. The topological polar surface area (TPSA) is 65.4 Å². The summed E-state index contributed by atoms with van der Waals surface area (Å²) in [6.45, 7) is 1.29. The maximum Gasteiger partial charge on any atom is 0.303 e. The predicted octanol–water partition coefficient (Wildman–Crippen LogP) is 0.949. The van der Waals surface area contributed by atoms with Crippen LogP contribution in [-0.4, -0.2) is 22.7 Å². The lowest BCUT2D eigenvalue weighted by Gasteiger charge is -2.07. The lowest BCUT2D eigenvalue weighted by atomic mass is 10.2. The van der Waals surface area contributed by atoms with Crippen LogP contribution in [-0.2, 0) is 9.53 Å². The van der Waals surface area contributed by atoms with Crippen molar-refractivity contribution in [2.75, 3.05) is 0 Å².